The summed E-state index contributed by atoms with van der Waals surface area (Å²) in [4.78, 5) is 29.4. The summed E-state index contributed by atoms with van der Waals surface area (Å²) in [6, 6.07) is 7.86. The van der Waals surface area contributed by atoms with E-state index >= 15 is 0 Å². The number of nitrogens with one attached hydrogen (secondary N) is 3. The van der Waals surface area contributed by atoms with Crippen molar-refractivity contribution in [2.45, 2.75) is 47.0 Å². The number of fused-ring (bicyclic) bond motifs is 1. The van der Waals surface area contributed by atoms with Crippen LogP contribution < -0.4 is 15.4 Å². The van der Waals surface area contributed by atoms with Crippen LogP contribution in [-0.4, -0.2) is 40.5 Å². The SMILES string of the molecule is CCC(CC)C(=O)NC(=NCCc1c[nH]c2cc(OC)ccc12)Nc1nc(C)cc(C)n1. The summed E-state index contributed by atoms with van der Waals surface area (Å²) >= 11 is 0. The second-order valence-electron chi connectivity index (χ2n) is 7.81. The maximum atomic E-state index is 12.7. The van der Waals surface area contributed by atoms with Crippen LogP contribution in [0.15, 0.2) is 35.5 Å². The van der Waals surface area contributed by atoms with Crippen LogP contribution in [0.25, 0.3) is 10.9 Å². The summed E-state index contributed by atoms with van der Waals surface area (Å²) in [6.45, 7) is 8.33. The van der Waals surface area contributed by atoms with E-state index in [4.69, 9.17) is 4.74 Å². The van der Waals surface area contributed by atoms with Gasteiger partial charge in [-0.1, -0.05) is 13.8 Å². The molecule has 0 aliphatic rings. The lowest BCUT2D eigenvalue weighted by atomic mass is 10.0. The summed E-state index contributed by atoms with van der Waals surface area (Å²) in [5.41, 5.74) is 3.87. The standard InChI is InChI=1S/C24H32N6O2/c1-6-17(7-2)22(31)29-23(30-24-27-15(3)12-16(4)28-24)25-11-10-18-14-26-21-13-19(32-5)8-9-20(18)21/h8-9,12-14,17,26H,6-7,10-11H2,1-5H3,(H2,25,27,28,29,30,31). The molecule has 8 nitrogen and oxygen atoms in total. The molecular weight excluding hydrogens is 404 g/mol. The highest BCUT2D eigenvalue weighted by Crippen LogP contribution is 2.23. The molecule has 1 aromatic carbocycles. The number of aryl methyl sites for hydroxylation is 2. The van der Waals surface area contributed by atoms with Crippen molar-refractivity contribution >= 4 is 28.7 Å². The molecule has 0 saturated heterocycles. The summed E-state index contributed by atoms with van der Waals surface area (Å²) in [5.74, 6) is 1.49. The highest BCUT2D eigenvalue weighted by atomic mass is 16.5. The Morgan fingerprint density at radius 1 is 1.16 bits per heavy atom. The number of anilines is 1. The first-order valence-electron chi connectivity index (χ1n) is 11.0. The number of benzene rings is 1. The number of methoxy groups -OCH3 is 1. The van der Waals surface area contributed by atoms with Crippen LogP contribution in [0.1, 0.15) is 43.6 Å². The molecule has 170 valence electrons. The molecule has 0 aliphatic carbocycles. The molecule has 8 heteroatoms. The average molecular weight is 437 g/mol. The fraction of sp³-hybridized carbons (Fsp3) is 0.417. The first kappa shape index (κ1) is 23.2. The minimum Gasteiger partial charge on any atom is -0.497 e. The molecule has 3 rings (SSSR count). The van der Waals surface area contributed by atoms with Crippen molar-refractivity contribution in [3.8, 4) is 5.75 Å². The van der Waals surface area contributed by atoms with Crippen molar-refractivity contribution in [2.24, 2.45) is 10.9 Å². The Kier molecular flexibility index (Phi) is 7.81. The van der Waals surface area contributed by atoms with E-state index < -0.39 is 0 Å². The van der Waals surface area contributed by atoms with Crippen LogP contribution in [0.5, 0.6) is 5.75 Å². The molecule has 0 atom stereocenters. The van der Waals surface area contributed by atoms with Gasteiger partial charge in [-0.15, -0.1) is 0 Å². The van der Waals surface area contributed by atoms with Crippen LogP contribution >= 0.6 is 0 Å². The van der Waals surface area contributed by atoms with Crippen LogP contribution in [0.3, 0.4) is 0 Å². The van der Waals surface area contributed by atoms with Gasteiger partial charge in [0.25, 0.3) is 0 Å². The monoisotopic (exact) mass is 436 g/mol. The first-order valence-corrected chi connectivity index (χ1v) is 11.0. The number of carbonyl (C=O) groups excluding carboxylic acids is 1. The lowest BCUT2D eigenvalue weighted by Gasteiger charge is -2.15. The zero-order valence-corrected chi connectivity index (χ0v) is 19.5. The average Bonchev–Trinajstić information content (AvgIpc) is 3.16. The second kappa shape index (κ2) is 10.7. The van der Waals surface area contributed by atoms with Gasteiger partial charge in [0.15, 0.2) is 0 Å². The molecule has 0 bridgehead atoms. The Labute approximate surface area is 188 Å². The third kappa shape index (κ3) is 5.84. The van der Waals surface area contributed by atoms with Crippen molar-refractivity contribution in [2.75, 3.05) is 19.0 Å². The Bertz CT molecular complexity index is 1080. The van der Waals surface area contributed by atoms with Crippen molar-refractivity contribution in [3.05, 3.63) is 47.4 Å². The van der Waals surface area contributed by atoms with Gasteiger partial charge in [0.05, 0.1) is 7.11 Å². The Hall–Kier alpha value is -3.42. The number of aromatic nitrogens is 3. The molecule has 0 spiro atoms. The fourth-order valence-corrected chi connectivity index (χ4v) is 3.66. The van der Waals surface area contributed by atoms with E-state index in [0.29, 0.717) is 24.9 Å². The molecule has 0 aliphatic heterocycles. The third-order valence-electron chi connectivity index (χ3n) is 5.44. The molecule has 2 heterocycles. The number of nitrogens with zero attached hydrogens (tertiary/aromatic N) is 3. The van der Waals surface area contributed by atoms with Gasteiger partial charge >= 0.3 is 0 Å². The summed E-state index contributed by atoms with van der Waals surface area (Å²) in [5, 5.41) is 7.17. The van der Waals surface area contributed by atoms with Crippen LogP contribution in [0.2, 0.25) is 0 Å². The van der Waals surface area contributed by atoms with Crippen LogP contribution in [0, 0.1) is 19.8 Å². The molecule has 32 heavy (non-hydrogen) atoms. The number of hydrogen-bond donors (Lipinski definition) is 3. The van der Waals surface area contributed by atoms with Gasteiger partial charge in [-0.3, -0.25) is 20.4 Å². The van der Waals surface area contributed by atoms with Gasteiger partial charge < -0.3 is 9.72 Å². The van der Waals surface area contributed by atoms with Gasteiger partial charge in [0.2, 0.25) is 17.8 Å². The van der Waals surface area contributed by atoms with Crippen molar-refractivity contribution in [1.82, 2.24) is 20.3 Å². The van der Waals surface area contributed by atoms with Crippen molar-refractivity contribution < 1.29 is 9.53 Å². The number of hydrogen-bond acceptors (Lipinski definition) is 5. The topological polar surface area (TPSA) is 104 Å². The highest BCUT2D eigenvalue weighted by Gasteiger charge is 2.17. The van der Waals surface area contributed by atoms with E-state index in [1.54, 1.807) is 7.11 Å². The number of amides is 1. The fourth-order valence-electron chi connectivity index (χ4n) is 3.66. The maximum Gasteiger partial charge on any atom is 0.229 e. The summed E-state index contributed by atoms with van der Waals surface area (Å²) < 4.78 is 5.29. The molecule has 0 unspecified atom stereocenters. The Morgan fingerprint density at radius 2 is 1.88 bits per heavy atom. The lowest BCUT2D eigenvalue weighted by Crippen LogP contribution is -2.40. The van der Waals surface area contributed by atoms with E-state index in [0.717, 1.165) is 46.4 Å². The molecule has 3 N–H and O–H groups in total. The zero-order valence-electron chi connectivity index (χ0n) is 19.5. The van der Waals surface area contributed by atoms with Gasteiger partial charge in [-0.05, 0) is 56.9 Å². The Balaban J connectivity index is 1.78. The largest absolute Gasteiger partial charge is 0.497 e. The molecule has 0 saturated carbocycles. The van der Waals surface area contributed by atoms with E-state index in [1.165, 1.54) is 0 Å². The number of aliphatic imine (C=N–C) groups is 1. The van der Waals surface area contributed by atoms with Gasteiger partial charge in [0, 0.05) is 47.0 Å². The number of H-pyrrole nitrogens is 1. The normalized spacial score (nSPS) is 11.8. The lowest BCUT2D eigenvalue weighted by molar-refractivity contribution is -0.123. The number of ether oxygens (including phenoxy) is 1. The van der Waals surface area contributed by atoms with Gasteiger partial charge in [-0.2, -0.15) is 0 Å². The number of guanidine groups is 1. The Morgan fingerprint density at radius 3 is 2.53 bits per heavy atom. The summed E-state index contributed by atoms with van der Waals surface area (Å²) in [6.07, 6.45) is 4.25. The smallest absolute Gasteiger partial charge is 0.229 e. The maximum absolute atomic E-state index is 12.7. The second-order valence-corrected chi connectivity index (χ2v) is 7.81. The van der Waals surface area contributed by atoms with Gasteiger partial charge in [0.1, 0.15) is 5.75 Å². The van der Waals surface area contributed by atoms with E-state index in [-0.39, 0.29) is 11.8 Å². The van der Waals surface area contributed by atoms with E-state index in [9.17, 15) is 4.79 Å². The predicted octanol–water partition coefficient (Wildman–Crippen LogP) is 4.15. The van der Waals surface area contributed by atoms with Gasteiger partial charge in [-0.25, -0.2) is 9.97 Å². The number of rotatable bonds is 8. The predicted molar refractivity (Wildman–Crippen MR) is 128 cm³/mol. The zero-order chi connectivity index (χ0) is 23.1. The molecule has 1 amide bonds. The van der Waals surface area contributed by atoms with Crippen molar-refractivity contribution in [3.63, 3.8) is 0 Å². The number of aromatic amines is 1. The molecule has 2 aromatic heterocycles. The molecule has 0 radical (unpaired) electrons. The third-order valence-corrected chi connectivity index (χ3v) is 5.44. The van der Waals surface area contributed by atoms with Crippen LogP contribution in [0.4, 0.5) is 5.95 Å². The highest BCUT2D eigenvalue weighted by molar-refractivity contribution is 6.04. The van der Waals surface area contributed by atoms with E-state index in [1.807, 2.05) is 58.2 Å². The molecule has 3 aromatic rings. The quantitative estimate of drug-likeness (QED) is 0.364. The first-order chi connectivity index (χ1) is 15.4. The minimum atomic E-state index is -0.0641. The van der Waals surface area contributed by atoms with Crippen LogP contribution in [-0.2, 0) is 11.2 Å². The molecule has 0 fully saturated rings. The van der Waals surface area contributed by atoms with Crippen molar-refractivity contribution in [1.29, 1.82) is 0 Å². The molecular formula is C24H32N6O2. The van der Waals surface area contributed by atoms with E-state index in [2.05, 4.69) is 30.6 Å². The minimum absolute atomic E-state index is 0.0511. The number of carbonyl (C=O) groups is 1. The summed E-state index contributed by atoms with van der Waals surface area (Å²) in [7, 11) is 1.66.